The predicted octanol–water partition coefficient (Wildman–Crippen LogP) is 4.44. The first-order valence-electron chi connectivity index (χ1n) is 8.08. The molecule has 0 amide bonds. The van der Waals surface area contributed by atoms with Crippen molar-refractivity contribution >= 4 is 22.1 Å². The van der Waals surface area contributed by atoms with Crippen molar-refractivity contribution < 1.29 is 0 Å². The van der Waals surface area contributed by atoms with Gasteiger partial charge in [0.25, 0.3) is 0 Å². The third kappa shape index (κ3) is 2.02. The van der Waals surface area contributed by atoms with Gasteiger partial charge in [0.05, 0.1) is 11.0 Å². The fourth-order valence-electron chi connectivity index (χ4n) is 3.32. The summed E-state index contributed by atoms with van der Waals surface area (Å²) >= 11 is 0. The second-order valence-electron chi connectivity index (χ2n) is 6.22. The minimum atomic E-state index is 0.655. The molecule has 3 heterocycles. The highest BCUT2D eigenvalue weighted by Gasteiger charge is 2.21. The number of H-pyrrole nitrogens is 1. The van der Waals surface area contributed by atoms with Crippen molar-refractivity contribution in [2.45, 2.75) is 25.2 Å². The summed E-state index contributed by atoms with van der Waals surface area (Å²) in [5.41, 5.74) is 6.34. The molecule has 4 aromatic rings. The molecule has 1 N–H and O–H groups in total. The predicted molar refractivity (Wildman–Crippen MR) is 91.2 cm³/mol. The van der Waals surface area contributed by atoms with E-state index in [1.54, 1.807) is 12.4 Å². The van der Waals surface area contributed by atoms with Gasteiger partial charge in [0.15, 0.2) is 0 Å². The lowest BCUT2D eigenvalue weighted by Crippen LogP contribution is -2.10. The Labute approximate surface area is 133 Å². The van der Waals surface area contributed by atoms with Crippen molar-refractivity contribution in [2.75, 3.05) is 0 Å². The number of nitrogens with one attached hydrogen (secondary N) is 1. The number of aromatic amines is 1. The molecule has 1 saturated carbocycles. The van der Waals surface area contributed by atoms with E-state index in [0.717, 1.165) is 27.6 Å². The Morgan fingerprint density at radius 2 is 1.83 bits per heavy atom. The summed E-state index contributed by atoms with van der Waals surface area (Å²) in [6, 6.07) is 10.6. The molecule has 5 rings (SSSR count). The Hall–Kier alpha value is -2.75. The molecule has 4 nitrogen and oxygen atoms in total. The average Bonchev–Trinajstić information content (AvgIpc) is 2.96. The molecule has 1 fully saturated rings. The van der Waals surface area contributed by atoms with Gasteiger partial charge in [-0.15, -0.1) is 0 Å². The summed E-state index contributed by atoms with van der Waals surface area (Å²) in [6.45, 7) is 0. The Balaban J connectivity index is 1.63. The zero-order valence-corrected chi connectivity index (χ0v) is 12.7. The van der Waals surface area contributed by atoms with Crippen LogP contribution in [0.25, 0.3) is 33.2 Å². The van der Waals surface area contributed by atoms with Crippen LogP contribution in [0.5, 0.6) is 0 Å². The number of fused-ring (bicyclic) bond motifs is 2. The van der Waals surface area contributed by atoms with Gasteiger partial charge in [0.2, 0.25) is 0 Å². The molecule has 23 heavy (non-hydrogen) atoms. The lowest BCUT2D eigenvalue weighted by molar-refractivity contribution is 0.412. The van der Waals surface area contributed by atoms with Crippen LogP contribution < -0.4 is 0 Å². The van der Waals surface area contributed by atoms with Gasteiger partial charge in [-0.2, -0.15) is 0 Å². The molecule has 112 valence electrons. The first kappa shape index (κ1) is 12.8. The van der Waals surface area contributed by atoms with Gasteiger partial charge in [-0.05, 0) is 42.7 Å². The van der Waals surface area contributed by atoms with E-state index in [9.17, 15) is 0 Å². The first-order valence-corrected chi connectivity index (χ1v) is 8.08. The lowest BCUT2D eigenvalue weighted by Gasteiger charge is -2.24. The molecule has 1 aromatic carbocycles. The van der Waals surface area contributed by atoms with E-state index in [0.29, 0.717) is 5.92 Å². The van der Waals surface area contributed by atoms with E-state index in [-0.39, 0.29) is 0 Å². The van der Waals surface area contributed by atoms with Gasteiger partial charge in [0, 0.05) is 41.2 Å². The van der Waals surface area contributed by atoms with Crippen LogP contribution in [-0.4, -0.2) is 19.9 Å². The minimum Gasteiger partial charge on any atom is -0.346 e. The topological polar surface area (TPSA) is 54.5 Å². The van der Waals surface area contributed by atoms with Gasteiger partial charge in [0.1, 0.15) is 5.65 Å². The molecule has 0 radical (unpaired) electrons. The van der Waals surface area contributed by atoms with Crippen molar-refractivity contribution in [2.24, 2.45) is 0 Å². The fourth-order valence-corrected chi connectivity index (χ4v) is 3.32. The molecule has 0 aliphatic heterocycles. The summed E-state index contributed by atoms with van der Waals surface area (Å²) in [6.07, 6.45) is 9.37. The standard InChI is InChI=1S/C19H16N4/c1-2-12(3-1)16-7-5-14-15(11-22-19(14)23-16)13-4-6-17-18(10-13)21-9-8-20-17/h4-12H,1-3H2,(H,22,23). The Kier molecular flexibility index (Phi) is 2.71. The molecule has 0 spiro atoms. The maximum atomic E-state index is 4.82. The highest BCUT2D eigenvalue weighted by atomic mass is 14.9. The first-order chi connectivity index (χ1) is 11.4. The van der Waals surface area contributed by atoms with Gasteiger partial charge in [-0.25, -0.2) is 4.98 Å². The quantitative estimate of drug-likeness (QED) is 0.595. The van der Waals surface area contributed by atoms with E-state index < -0.39 is 0 Å². The minimum absolute atomic E-state index is 0.655. The van der Waals surface area contributed by atoms with Crippen molar-refractivity contribution in [1.29, 1.82) is 0 Å². The number of nitrogens with zero attached hydrogens (tertiary/aromatic N) is 3. The fraction of sp³-hybridized carbons (Fsp3) is 0.211. The normalized spacial score (nSPS) is 15.1. The van der Waals surface area contributed by atoms with Crippen LogP contribution >= 0.6 is 0 Å². The third-order valence-corrected chi connectivity index (χ3v) is 4.86. The molecule has 0 saturated heterocycles. The average molecular weight is 300 g/mol. The van der Waals surface area contributed by atoms with E-state index in [1.165, 1.54) is 30.5 Å². The Morgan fingerprint density at radius 1 is 0.957 bits per heavy atom. The van der Waals surface area contributed by atoms with Gasteiger partial charge in [-0.1, -0.05) is 12.5 Å². The van der Waals surface area contributed by atoms with Crippen molar-refractivity contribution in [3.05, 3.63) is 54.6 Å². The number of hydrogen-bond acceptors (Lipinski definition) is 3. The summed E-state index contributed by atoms with van der Waals surface area (Å²) in [7, 11) is 0. The van der Waals surface area contributed by atoms with E-state index >= 15 is 0 Å². The third-order valence-electron chi connectivity index (χ3n) is 4.86. The summed E-state index contributed by atoms with van der Waals surface area (Å²) in [5, 5.41) is 1.16. The van der Waals surface area contributed by atoms with E-state index in [4.69, 9.17) is 4.98 Å². The van der Waals surface area contributed by atoms with Crippen molar-refractivity contribution in [1.82, 2.24) is 19.9 Å². The molecule has 0 atom stereocenters. The van der Waals surface area contributed by atoms with Crippen LogP contribution in [0.15, 0.2) is 48.9 Å². The molecule has 3 aromatic heterocycles. The molecule has 0 bridgehead atoms. The second kappa shape index (κ2) is 4.88. The number of hydrogen-bond donors (Lipinski definition) is 1. The summed E-state index contributed by atoms with van der Waals surface area (Å²) < 4.78 is 0. The molecular weight excluding hydrogens is 284 g/mol. The van der Waals surface area contributed by atoms with Crippen molar-refractivity contribution in [3.63, 3.8) is 0 Å². The smallest absolute Gasteiger partial charge is 0.138 e. The second-order valence-corrected chi connectivity index (χ2v) is 6.22. The van der Waals surface area contributed by atoms with Gasteiger partial charge < -0.3 is 4.98 Å². The summed E-state index contributed by atoms with van der Waals surface area (Å²) in [4.78, 5) is 16.9. The van der Waals surface area contributed by atoms with E-state index in [1.807, 2.05) is 12.3 Å². The Morgan fingerprint density at radius 3 is 2.65 bits per heavy atom. The van der Waals surface area contributed by atoms with Crippen LogP contribution in [0.2, 0.25) is 0 Å². The molecule has 0 unspecified atom stereocenters. The molecule has 1 aliphatic carbocycles. The maximum Gasteiger partial charge on any atom is 0.138 e. The molecule has 1 aliphatic rings. The largest absolute Gasteiger partial charge is 0.346 e. The van der Waals surface area contributed by atoms with Crippen LogP contribution in [0.3, 0.4) is 0 Å². The van der Waals surface area contributed by atoms with Crippen LogP contribution in [0.1, 0.15) is 30.9 Å². The van der Waals surface area contributed by atoms with Crippen LogP contribution in [-0.2, 0) is 0 Å². The van der Waals surface area contributed by atoms with Crippen molar-refractivity contribution in [3.8, 4) is 11.1 Å². The van der Waals surface area contributed by atoms with E-state index in [2.05, 4.69) is 39.2 Å². The SMILES string of the molecule is c1cnc2cc(-c3c[nH]c4nc(C5CCC5)ccc34)ccc2n1. The highest BCUT2D eigenvalue weighted by molar-refractivity contribution is 5.95. The molecular formula is C19H16N4. The van der Waals surface area contributed by atoms with Crippen LogP contribution in [0, 0.1) is 0 Å². The van der Waals surface area contributed by atoms with Gasteiger partial charge in [-0.3, -0.25) is 9.97 Å². The van der Waals surface area contributed by atoms with Gasteiger partial charge >= 0.3 is 0 Å². The summed E-state index contributed by atoms with van der Waals surface area (Å²) in [5.74, 6) is 0.655. The van der Waals surface area contributed by atoms with Crippen LogP contribution in [0.4, 0.5) is 0 Å². The number of benzene rings is 1. The number of rotatable bonds is 2. The maximum absolute atomic E-state index is 4.82. The Bertz CT molecular complexity index is 1010. The zero-order chi connectivity index (χ0) is 15.2. The lowest BCUT2D eigenvalue weighted by atomic mass is 9.82. The molecule has 4 heteroatoms. The highest BCUT2D eigenvalue weighted by Crippen LogP contribution is 2.37. The number of aromatic nitrogens is 4. The number of pyridine rings is 1. The zero-order valence-electron chi connectivity index (χ0n) is 12.7. The monoisotopic (exact) mass is 300 g/mol.